The van der Waals surface area contributed by atoms with Crippen LogP contribution in [0.25, 0.3) is 10.4 Å². The zero-order chi connectivity index (χ0) is 8.81. The zero-order valence-electron chi connectivity index (χ0n) is 6.39. The fourth-order valence-corrected chi connectivity index (χ4v) is 1.25. The molecule has 0 spiro atoms. The van der Waals surface area contributed by atoms with E-state index in [4.69, 9.17) is 5.53 Å². The summed E-state index contributed by atoms with van der Waals surface area (Å²) in [5, 5.41) is 7.52. The van der Waals surface area contributed by atoms with Crippen molar-refractivity contribution in [1.82, 2.24) is 9.78 Å². The van der Waals surface area contributed by atoms with Gasteiger partial charge in [-0.25, -0.2) is 0 Å². The Labute approximate surface area is 83.5 Å². The second-order valence-corrected chi connectivity index (χ2v) is 3.48. The highest BCUT2D eigenvalue weighted by Gasteiger charge is 1.92. The van der Waals surface area contributed by atoms with Crippen LogP contribution in [-0.4, -0.2) is 16.3 Å². The molecule has 0 bridgehead atoms. The van der Waals surface area contributed by atoms with Crippen LogP contribution in [0.4, 0.5) is 0 Å². The third-order valence-corrected chi connectivity index (χ3v) is 1.87. The first-order chi connectivity index (χ1) is 5.83. The van der Waals surface area contributed by atoms with Gasteiger partial charge in [0.25, 0.3) is 0 Å². The van der Waals surface area contributed by atoms with Crippen molar-refractivity contribution < 1.29 is 0 Å². The predicted octanol–water partition coefficient (Wildman–Crippen LogP) is 2.19. The van der Waals surface area contributed by atoms with E-state index >= 15 is 0 Å². The van der Waals surface area contributed by atoms with Crippen molar-refractivity contribution in [1.29, 1.82) is 0 Å². The molecule has 0 fully saturated rings. The molecule has 0 aliphatic carbocycles. The van der Waals surface area contributed by atoms with Crippen LogP contribution in [0, 0.1) is 3.57 Å². The molecule has 0 radical (unpaired) electrons. The molecule has 0 amide bonds. The van der Waals surface area contributed by atoms with Crippen LogP contribution in [0.15, 0.2) is 17.5 Å². The molecule has 0 aliphatic rings. The Kier molecular flexibility index (Phi) is 3.89. The van der Waals surface area contributed by atoms with E-state index in [9.17, 15) is 0 Å². The summed E-state index contributed by atoms with van der Waals surface area (Å²) in [6.07, 6.45) is 4.59. The number of hydrogen-bond acceptors (Lipinski definition) is 2. The quantitative estimate of drug-likeness (QED) is 0.273. The fraction of sp³-hybridized carbons (Fsp3) is 0.500. The highest BCUT2D eigenvalue weighted by Crippen LogP contribution is 2.01. The van der Waals surface area contributed by atoms with E-state index in [-0.39, 0.29) is 0 Å². The largest absolute Gasteiger partial charge is 0.272 e. The Morgan fingerprint density at radius 1 is 1.75 bits per heavy atom. The summed E-state index contributed by atoms with van der Waals surface area (Å²) in [4.78, 5) is 2.67. The average molecular weight is 277 g/mol. The van der Waals surface area contributed by atoms with Gasteiger partial charge in [-0.1, -0.05) is 5.11 Å². The number of aryl methyl sites for hydroxylation is 1. The maximum absolute atomic E-state index is 8.00. The number of halogens is 1. The van der Waals surface area contributed by atoms with Crippen molar-refractivity contribution in [2.24, 2.45) is 5.11 Å². The highest BCUT2D eigenvalue weighted by molar-refractivity contribution is 14.1. The van der Waals surface area contributed by atoms with E-state index in [1.165, 1.54) is 0 Å². The van der Waals surface area contributed by atoms with E-state index < -0.39 is 0 Å². The van der Waals surface area contributed by atoms with Gasteiger partial charge in [0.15, 0.2) is 0 Å². The molecule has 0 saturated heterocycles. The summed E-state index contributed by atoms with van der Waals surface area (Å²) in [5.74, 6) is 0. The first kappa shape index (κ1) is 9.34. The van der Waals surface area contributed by atoms with Crippen LogP contribution in [-0.2, 0) is 6.54 Å². The van der Waals surface area contributed by atoms with Crippen LogP contribution < -0.4 is 0 Å². The Balaban J connectivity index is 2.28. The molecule has 5 nitrogen and oxygen atoms in total. The standard InChI is InChI=1S/C6H8IN5/c7-6-4-10-12(5-6)3-1-2-9-11-8/h4-5H,1-3H2. The summed E-state index contributed by atoms with van der Waals surface area (Å²) in [7, 11) is 0. The maximum Gasteiger partial charge on any atom is 0.0623 e. The van der Waals surface area contributed by atoms with E-state index in [0.29, 0.717) is 6.54 Å². The minimum atomic E-state index is 0.535. The van der Waals surface area contributed by atoms with Gasteiger partial charge in [0, 0.05) is 24.2 Å². The van der Waals surface area contributed by atoms with E-state index in [0.717, 1.165) is 16.5 Å². The van der Waals surface area contributed by atoms with Gasteiger partial charge in [-0.05, 0) is 34.5 Å². The van der Waals surface area contributed by atoms with Gasteiger partial charge < -0.3 is 0 Å². The molecule has 0 aromatic carbocycles. The van der Waals surface area contributed by atoms with Crippen LogP contribution in [0.3, 0.4) is 0 Å². The zero-order valence-corrected chi connectivity index (χ0v) is 8.55. The molecule has 6 heteroatoms. The summed E-state index contributed by atoms with van der Waals surface area (Å²) >= 11 is 2.20. The van der Waals surface area contributed by atoms with E-state index in [2.05, 4.69) is 37.7 Å². The van der Waals surface area contributed by atoms with Gasteiger partial charge >= 0.3 is 0 Å². The lowest BCUT2D eigenvalue weighted by Crippen LogP contribution is -1.99. The number of rotatable bonds is 4. The van der Waals surface area contributed by atoms with E-state index in [1.54, 1.807) is 6.20 Å². The first-order valence-electron chi connectivity index (χ1n) is 3.52. The monoisotopic (exact) mass is 277 g/mol. The molecular formula is C6H8IN5. The molecule has 0 N–H and O–H groups in total. The molecule has 1 rings (SSSR count). The van der Waals surface area contributed by atoms with Crippen molar-refractivity contribution in [2.75, 3.05) is 6.54 Å². The molecule has 0 unspecified atom stereocenters. The SMILES string of the molecule is [N-]=[N+]=NCCCn1cc(I)cn1. The third-order valence-electron chi connectivity index (χ3n) is 1.31. The first-order valence-corrected chi connectivity index (χ1v) is 4.59. The summed E-state index contributed by atoms with van der Waals surface area (Å²) in [6.45, 7) is 1.34. The minimum Gasteiger partial charge on any atom is -0.272 e. The number of azide groups is 1. The van der Waals surface area contributed by atoms with Crippen molar-refractivity contribution in [3.05, 3.63) is 26.4 Å². The molecule has 12 heavy (non-hydrogen) atoms. The second kappa shape index (κ2) is 5.00. The lowest BCUT2D eigenvalue weighted by atomic mass is 10.4. The Morgan fingerprint density at radius 3 is 3.17 bits per heavy atom. The smallest absolute Gasteiger partial charge is 0.0623 e. The third kappa shape index (κ3) is 3.10. The van der Waals surface area contributed by atoms with Gasteiger partial charge in [0.1, 0.15) is 0 Å². The molecule has 1 aromatic heterocycles. The Hall–Kier alpha value is -0.750. The molecule has 0 saturated carbocycles. The van der Waals surface area contributed by atoms with Crippen LogP contribution in [0.2, 0.25) is 0 Å². The van der Waals surface area contributed by atoms with Gasteiger partial charge in [-0.2, -0.15) is 5.10 Å². The molecular weight excluding hydrogens is 269 g/mol. The molecule has 1 heterocycles. The highest BCUT2D eigenvalue weighted by atomic mass is 127. The van der Waals surface area contributed by atoms with Gasteiger partial charge in [-0.15, -0.1) is 0 Å². The lowest BCUT2D eigenvalue weighted by Gasteiger charge is -1.96. The number of nitrogens with zero attached hydrogens (tertiary/aromatic N) is 5. The second-order valence-electron chi connectivity index (χ2n) is 2.23. The van der Waals surface area contributed by atoms with E-state index in [1.807, 2.05) is 10.9 Å². The maximum atomic E-state index is 8.00. The molecule has 0 atom stereocenters. The summed E-state index contributed by atoms with van der Waals surface area (Å²) in [6, 6.07) is 0. The van der Waals surface area contributed by atoms with Gasteiger partial charge in [0.2, 0.25) is 0 Å². The topological polar surface area (TPSA) is 66.6 Å². The number of aromatic nitrogens is 2. The van der Waals surface area contributed by atoms with Crippen molar-refractivity contribution in [2.45, 2.75) is 13.0 Å². The minimum absolute atomic E-state index is 0.535. The Bertz CT molecular complexity index is 288. The number of hydrogen-bond donors (Lipinski definition) is 0. The van der Waals surface area contributed by atoms with Crippen LogP contribution >= 0.6 is 22.6 Å². The summed E-state index contributed by atoms with van der Waals surface area (Å²) in [5.41, 5.74) is 8.00. The summed E-state index contributed by atoms with van der Waals surface area (Å²) < 4.78 is 2.96. The molecule has 64 valence electrons. The predicted molar refractivity (Wildman–Crippen MR) is 53.6 cm³/mol. The van der Waals surface area contributed by atoms with Crippen LogP contribution in [0.1, 0.15) is 6.42 Å². The van der Waals surface area contributed by atoms with Crippen molar-refractivity contribution >= 4 is 22.6 Å². The Morgan fingerprint density at radius 2 is 2.58 bits per heavy atom. The average Bonchev–Trinajstić information content (AvgIpc) is 2.45. The molecule has 0 aliphatic heterocycles. The van der Waals surface area contributed by atoms with Crippen molar-refractivity contribution in [3.63, 3.8) is 0 Å². The van der Waals surface area contributed by atoms with Gasteiger partial charge in [-0.3, -0.25) is 4.68 Å². The lowest BCUT2D eigenvalue weighted by molar-refractivity contribution is 0.584. The molecule has 1 aromatic rings. The van der Waals surface area contributed by atoms with Crippen LogP contribution in [0.5, 0.6) is 0 Å². The van der Waals surface area contributed by atoms with Crippen molar-refractivity contribution in [3.8, 4) is 0 Å². The fourth-order valence-electron chi connectivity index (χ4n) is 0.809. The van der Waals surface area contributed by atoms with Gasteiger partial charge in [0.05, 0.1) is 9.77 Å². The normalized spacial score (nSPS) is 9.42.